The summed E-state index contributed by atoms with van der Waals surface area (Å²) in [6, 6.07) is 17.7. The second-order valence-electron chi connectivity index (χ2n) is 5.81. The highest BCUT2D eigenvalue weighted by Crippen LogP contribution is 2.32. The maximum Gasteiger partial charge on any atom is 0.242 e. The summed E-state index contributed by atoms with van der Waals surface area (Å²) in [7, 11) is 0. The molecule has 0 bridgehead atoms. The van der Waals surface area contributed by atoms with E-state index in [0.717, 1.165) is 30.4 Å². The average molecular weight is 312 g/mol. The van der Waals surface area contributed by atoms with Crippen LogP contribution in [0.4, 0.5) is 0 Å². The first-order valence-electron chi connectivity index (χ1n) is 7.90. The molecular formula is C19H24N2O2. The van der Waals surface area contributed by atoms with Crippen LogP contribution in [0, 0.1) is 0 Å². The normalized spacial score (nSPS) is 19.2. The van der Waals surface area contributed by atoms with Crippen molar-refractivity contribution in [3.05, 3.63) is 71.3 Å². The van der Waals surface area contributed by atoms with E-state index >= 15 is 0 Å². The fourth-order valence-corrected chi connectivity index (χ4v) is 2.90. The molecule has 4 heteroatoms. The lowest BCUT2D eigenvalue weighted by Crippen LogP contribution is -2.51. The molecular weight excluding hydrogens is 288 g/mol. The van der Waals surface area contributed by atoms with Gasteiger partial charge in [0.25, 0.3) is 0 Å². The molecule has 3 rings (SSSR count). The minimum atomic E-state index is -0.950. The van der Waals surface area contributed by atoms with Gasteiger partial charge in [-0.25, -0.2) is 0 Å². The van der Waals surface area contributed by atoms with Crippen LogP contribution in [0.2, 0.25) is 0 Å². The maximum atomic E-state index is 11.3. The molecule has 0 fully saturated rings. The highest BCUT2D eigenvalue weighted by atomic mass is 16.2. The van der Waals surface area contributed by atoms with E-state index in [4.69, 9.17) is 16.6 Å². The van der Waals surface area contributed by atoms with Gasteiger partial charge in [0.15, 0.2) is 0 Å². The molecule has 4 nitrogen and oxygen atoms in total. The zero-order chi connectivity index (χ0) is 16.7. The van der Waals surface area contributed by atoms with Crippen LogP contribution in [0.15, 0.2) is 54.6 Å². The lowest BCUT2D eigenvalue weighted by molar-refractivity contribution is -0.123. The van der Waals surface area contributed by atoms with Crippen LogP contribution in [0.25, 0.3) is 0 Å². The van der Waals surface area contributed by atoms with Crippen molar-refractivity contribution >= 4 is 5.91 Å². The Bertz CT molecular complexity index is 643. The van der Waals surface area contributed by atoms with Crippen molar-refractivity contribution in [3.63, 3.8) is 0 Å². The molecule has 23 heavy (non-hydrogen) atoms. The van der Waals surface area contributed by atoms with Crippen LogP contribution in [0.1, 0.15) is 29.5 Å². The Morgan fingerprint density at radius 2 is 1.74 bits per heavy atom. The number of rotatable bonds is 3. The Balaban J connectivity index is 0.000000185. The Kier molecular flexibility index (Phi) is 5.90. The average Bonchev–Trinajstić information content (AvgIpc) is 2.57. The fraction of sp³-hybridized carbons (Fsp3) is 0.316. The van der Waals surface area contributed by atoms with Gasteiger partial charge in [-0.05, 0) is 42.4 Å². The van der Waals surface area contributed by atoms with E-state index in [1.54, 1.807) is 0 Å². The molecule has 0 spiro atoms. The molecule has 1 amide bonds. The van der Waals surface area contributed by atoms with E-state index in [0.29, 0.717) is 6.42 Å². The fourth-order valence-electron chi connectivity index (χ4n) is 2.90. The summed E-state index contributed by atoms with van der Waals surface area (Å²) in [6.07, 6.45) is 3.33. The first kappa shape index (κ1) is 17.2. The van der Waals surface area contributed by atoms with Gasteiger partial charge in [0, 0.05) is 6.61 Å². The molecule has 1 aliphatic rings. The Morgan fingerprint density at radius 3 is 2.39 bits per heavy atom. The largest absolute Gasteiger partial charge is 0.396 e. The van der Waals surface area contributed by atoms with Crippen LogP contribution in [-0.2, 0) is 23.2 Å². The summed E-state index contributed by atoms with van der Waals surface area (Å²) in [4.78, 5) is 11.3. The Labute approximate surface area is 137 Å². The summed E-state index contributed by atoms with van der Waals surface area (Å²) in [5.41, 5.74) is 13.7. The lowest BCUT2D eigenvalue weighted by atomic mass is 9.77. The standard InChI is InChI=1S/C11H14N2O.C8H10O/c12-10(14)11(13)7-3-5-8-4-1-2-6-9(8)11;9-7-6-8-4-2-1-3-5-8/h1-2,4,6H,3,5,7,13H2,(H2,12,14);1-5,9H,6-7H2. The molecule has 0 aromatic heterocycles. The number of primary amides is 1. The van der Waals surface area contributed by atoms with Crippen molar-refractivity contribution < 1.29 is 9.90 Å². The highest BCUT2D eigenvalue weighted by Gasteiger charge is 2.37. The number of carbonyl (C=O) groups is 1. The Morgan fingerprint density at radius 1 is 1.09 bits per heavy atom. The zero-order valence-electron chi connectivity index (χ0n) is 13.2. The first-order chi connectivity index (χ1) is 11.1. The number of nitrogens with two attached hydrogens (primary N) is 2. The molecule has 2 aromatic rings. The van der Waals surface area contributed by atoms with Crippen LogP contribution >= 0.6 is 0 Å². The number of aryl methyl sites for hydroxylation is 1. The van der Waals surface area contributed by atoms with Gasteiger partial charge in [0.1, 0.15) is 5.54 Å². The second kappa shape index (κ2) is 7.90. The van der Waals surface area contributed by atoms with Gasteiger partial charge in [-0.15, -0.1) is 0 Å². The molecule has 0 saturated heterocycles. The van der Waals surface area contributed by atoms with Crippen molar-refractivity contribution in [1.82, 2.24) is 0 Å². The number of aliphatic hydroxyl groups is 1. The van der Waals surface area contributed by atoms with Crippen LogP contribution in [-0.4, -0.2) is 17.6 Å². The van der Waals surface area contributed by atoms with Gasteiger partial charge < -0.3 is 16.6 Å². The smallest absolute Gasteiger partial charge is 0.242 e. The minimum Gasteiger partial charge on any atom is -0.396 e. The number of hydrogen-bond acceptors (Lipinski definition) is 3. The van der Waals surface area contributed by atoms with E-state index in [1.165, 1.54) is 5.56 Å². The van der Waals surface area contributed by atoms with Gasteiger partial charge in [0.05, 0.1) is 0 Å². The van der Waals surface area contributed by atoms with Crippen molar-refractivity contribution in [1.29, 1.82) is 0 Å². The predicted molar refractivity (Wildman–Crippen MR) is 91.7 cm³/mol. The lowest BCUT2D eigenvalue weighted by Gasteiger charge is -2.32. The molecule has 1 aliphatic carbocycles. The second-order valence-corrected chi connectivity index (χ2v) is 5.81. The van der Waals surface area contributed by atoms with E-state index in [1.807, 2.05) is 54.6 Å². The molecule has 122 valence electrons. The quantitative estimate of drug-likeness (QED) is 0.808. The van der Waals surface area contributed by atoms with Gasteiger partial charge in [0.2, 0.25) is 5.91 Å². The van der Waals surface area contributed by atoms with Crippen molar-refractivity contribution in [2.45, 2.75) is 31.2 Å². The third kappa shape index (κ3) is 4.18. The maximum absolute atomic E-state index is 11.3. The highest BCUT2D eigenvalue weighted by molar-refractivity contribution is 5.86. The number of fused-ring (bicyclic) bond motifs is 1. The molecule has 1 unspecified atom stereocenters. The summed E-state index contributed by atoms with van der Waals surface area (Å²) in [5, 5.41) is 8.52. The molecule has 0 aliphatic heterocycles. The van der Waals surface area contributed by atoms with E-state index < -0.39 is 11.4 Å². The molecule has 0 saturated carbocycles. The summed E-state index contributed by atoms with van der Waals surface area (Å²) in [5.74, 6) is -0.426. The van der Waals surface area contributed by atoms with Gasteiger partial charge in [-0.3, -0.25) is 4.79 Å². The SMILES string of the molecule is NC(=O)C1(N)CCCc2ccccc21.OCCc1ccccc1. The Hall–Kier alpha value is -2.17. The molecule has 2 aromatic carbocycles. The van der Waals surface area contributed by atoms with E-state index in [9.17, 15) is 4.79 Å². The topological polar surface area (TPSA) is 89.3 Å². The molecule has 1 atom stereocenters. The van der Waals surface area contributed by atoms with Crippen LogP contribution < -0.4 is 11.5 Å². The van der Waals surface area contributed by atoms with Gasteiger partial charge in [-0.2, -0.15) is 0 Å². The summed E-state index contributed by atoms with van der Waals surface area (Å²) < 4.78 is 0. The van der Waals surface area contributed by atoms with E-state index in [2.05, 4.69) is 0 Å². The number of aliphatic hydroxyl groups excluding tert-OH is 1. The minimum absolute atomic E-state index is 0.240. The molecule has 0 heterocycles. The van der Waals surface area contributed by atoms with Crippen LogP contribution in [0.5, 0.6) is 0 Å². The van der Waals surface area contributed by atoms with Gasteiger partial charge >= 0.3 is 0 Å². The monoisotopic (exact) mass is 312 g/mol. The van der Waals surface area contributed by atoms with Crippen molar-refractivity contribution in [3.8, 4) is 0 Å². The molecule has 5 N–H and O–H groups in total. The summed E-state index contributed by atoms with van der Waals surface area (Å²) >= 11 is 0. The summed E-state index contributed by atoms with van der Waals surface area (Å²) in [6.45, 7) is 0.240. The third-order valence-corrected chi connectivity index (χ3v) is 4.20. The third-order valence-electron chi connectivity index (χ3n) is 4.20. The van der Waals surface area contributed by atoms with Gasteiger partial charge in [-0.1, -0.05) is 54.6 Å². The first-order valence-corrected chi connectivity index (χ1v) is 7.90. The number of carbonyl (C=O) groups excluding carboxylic acids is 1. The van der Waals surface area contributed by atoms with E-state index in [-0.39, 0.29) is 6.61 Å². The van der Waals surface area contributed by atoms with Crippen molar-refractivity contribution in [2.75, 3.05) is 6.61 Å². The van der Waals surface area contributed by atoms with Crippen molar-refractivity contribution in [2.24, 2.45) is 11.5 Å². The molecule has 0 radical (unpaired) electrons. The number of benzene rings is 2. The number of hydrogen-bond donors (Lipinski definition) is 3. The number of amides is 1. The zero-order valence-corrected chi connectivity index (χ0v) is 13.2. The van der Waals surface area contributed by atoms with Crippen LogP contribution in [0.3, 0.4) is 0 Å². The predicted octanol–water partition coefficient (Wildman–Crippen LogP) is 1.88.